The molecule has 0 spiro atoms. The van der Waals surface area contributed by atoms with Gasteiger partial charge in [-0.2, -0.15) is 0 Å². The lowest BCUT2D eigenvalue weighted by atomic mass is 10.1. The molecule has 88 valence electrons. The van der Waals surface area contributed by atoms with Crippen molar-refractivity contribution < 1.29 is 0 Å². The highest BCUT2D eigenvalue weighted by molar-refractivity contribution is 5.42. The molecule has 0 saturated heterocycles. The van der Waals surface area contributed by atoms with Gasteiger partial charge in [0, 0.05) is 24.8 Å². The van der Waals surface area contributed by atoms with Crippen LogP contribution in [-0.4, -0.2) is 19.1 Å². The Morgan fingerprint density at radius 1 is 1.12 bits per heavy atom. The van der Waals surface area contributed by atoms with Gasteiger partial charge in [0.2, 0.25) is 0 Å². The van der Waals surface area contributed by atoms with Gasteiger partial charge < -0.3 is 10.6 Å². The highest BCUT2D eigenvalue weighted by Crippen LogP contribution is 2.24. The van der Waals surface area contributed by atoms with Gasteiger partial charge in [-0.1, -0.05) is 25.1 Å². The first-order valence-corrected chi connectivity index (χ1v) is 6.37. The Hall–Kier alpha value is -1.02. The molecular formula is C14H22N2. The van der Waals surface area contributed by atoms with Crippen LogP contribution in [0.25, 0.3) is 0 Å². The van der Waals surface area contributed by atoms with Crippen LogP contribution in [0.1, 0.15) is 26.2 Å². The zero-order valence-corrected chi connectivity index (χ0v) is 10.1. The molecule has 2 atom stereocenters. The summed E-state index contributed by atoms with van der Waals surface area (Å²) in [5.74, 6) is 0.916. The highest BCUT2D eigenvalue weighted by Gasteiger charge is 2.19. The second kappa shape index (κ2) is 5.90. The highest BCUT2D eigenvalue weighted by atomic mass is 15.0. The van der Waals surface area contributed by atoms with Crippen LogP contribution in [0.2, 0.25) is 0 Å². The van der Waals surface area contributed by atoms with Crippen LogP contribution in [0.4, 0.5) is 5.69 Å². The molecule has 0 heterocycles. The Balaban J connectivity index is 1.59. The van der Waals surface area contributed by atoms with Crippen LogP contribution >= 0.6 is 0 Å². The minimum atomic E-state index is 0.757. The fraction of sp³-hybridized carbons (Fsp3) is 0.571. The first-order valence-electron chi connectivity index (χ1n) is 6.37. The molecule has 0 amide bonds. The third kappa shape index (κ3) is 3.53. The monoisotopic (exact) mass is 218 g/mol. The minimum absolute atomic E-state index is 0.757. The molecule has 1 aliphatic carbocycles. The number of benzene rings is 1. The first kappa shape index (κ1) is 11.5. The molecular weight excluding hydrogens is 196 g/mol. The molecule has 2 heteroatoms. The van der Waals surface area contributed by atoms with E-state index in [0.717, 1.165) is 25.0 Å². The van der Waals surface area contributed by atoms with Gasteiger partial charge in [-0.05, 0) is 37.3 Å². The predicted molar refractivity (Wildman–Crippen MR) is 69.7 cm³/mol. The average Bonchev–Trinajstić information content (AvgIpc) is 2.72. The molecule has 1 aliphatic rings. The largest absolute Gasteiger partial charge is 0.384 e. The minimum Gasteiger partial charge on any atom is -0.384 e. The quantitative estimate of drug-likeness (QED) is 0.743. The lowest BCUT2D eigenvalue weighted by molar-refractivity contribution is 0.512. The van der Waals surface area contributed by atoms with E-state index in [1.165, 1.54) is 24.9 Å². The number of hydrogen-bond donors (Lipinski definition) is 2. The van der Waals surface area contributed by atoms with E-state index in [4.69, 9.17) is 0 Å². The van der Waals surface area contributed by atoms with E-state index in [-0.39, 0.29) is 0 Å². The fourth-order valence-electron chi connectivity index (χ4n) is 2.43. The Morgan fingerprint density at radius 3 is 2.62 bits per heavy atom. The molecule has 1 saturated carbocycles. The summed E-state index contributed by atoms with van der Waals surface area (Å²) in [7, 11) is 0. The average molecular weight is 218 g/mol. The molecule has 1 aromatic rings. The number of para-hydroxylation sites is 1. The maximum atomic E-state index is 3.62. The van der Waals surface area contributed by atoms with Crippen molar-refractivity contribution >= 4 is 5.69 Å². The summed E-state index contributed by atoms with van der Waals surface area (Å²) in [6.07, 6.45) is 4.10. The molecule has 2 N–H and O–H groups in total. The molecule has 0 aromatic heterocycles. The number of nitrogens with one attached hydrogen (secondary N) is 2. The normalized spacial score (nSPS) is 24.6. The maximum Gasteiger partial charge on any atom is 0.0340 e. The summed E-state index contributed by atoms with van der Waals surface area (Å²) >= 11 is 0. The van der Waals surface area contributed by atoms with Crippen molar-refractivity contribution in [1.29, 1.82) is 0 Å². The molecule has 0 radical (unpaired) electrons. The maximum absolute atomic E-state index is 3.62. The smallest absolute Gasteiger partial charge is 0.0340 e. The van der Waals surface area contributed by atoms with Gasteiger partial charge in [0.1, 0.15) is 0 Å². The molecule has 2 rings (SSSR count). The topological polar surface area (TPSA) is 24.1 Å². The van der Waals surface area contributed by atoms with Crippen molar-refractivity contribution in [3.8, 4) is 0 Å². The van der Waals surface area contributed by atoms with E-state index in [1.54, 1.807) is 0 Å². The van der Waals surface area contributed by atoms with Crippen molar-refractivity contribution in [1.82, 2.24) is 5.32 Å². The standard InChI is InChI=1S/C14H22N2/c1-12-7-8-14(11-12)16-10-9-15-13-5-3-2-4-6-13/h2-6,12,14-16H,7-11H2,1H3. The summed E-state index contributed by atoms with van der Waals surface area (Å²) < 4.78 is 0. The van der Waals surface area contributed by atoms with Gasteiger partial charge in [0.25, 0.3) is 0 Å². The lowest BCUT2D eigenvalue weighted by Gasteiger charge is -2.13. The second-order valence-electron chi connectivity index (χ2n) is 4.86. The van der Waals surface area contributed by atoms with Gasteiger partial charge in [-0.15, -0.1) is 0 Å². The van der Waals surface area contributed by atoms with Gasteiger partial charge in [0.15, 0.2) is 0 Å². The van der Waals surface area contributed by atoms with E-state index in [2.05, 4.69) is 41.8 Å². The van der Waals surface area contributed by atoms with Crippen molar-refractivity contribution in [3.05, 3.63) is 30.3 Å². The first-order chi connectivity index (χ1) is 7.84. The van der Waals surface area contributed by atoms with E-state index in [9.17, 15) is 0 Å². The summed E-state index contributed by atoms with van der Waals surface area (Å²) in [5.41, 5.74) is 1.21. The molecule has 2 unspecified atom stereocenters. The van der Waals surface area contributed by atoms with E-state index in [0.29, 0.717) is 0 Å². The van der Waals surface area contributed by atoms with Crippen LogP contribution < -0.4 is 10.6 Å². The third-order valence-corrected chi connectivity index (χ3v) is 3.36. The van der Waals surface area contributed by atoms with Gasteiger partial charge >= 0.3 is 0 Å². The van der Waals surface area contributed by atoms with Crippen LogP contribution in [-0.2, 0) is 0 Å². The summed E-state index contributed by atoms with van der Waals surface area (Å²) in [5, 5.41) is 7.04. The Kier molecular flexibility index (Phi) is 4.23. The molecule has 2 nitrogen and oxygen atoms in total. The predicted octanol–water partition coefficient (Wildman–Crippen LogP) is 2.88. The van der Waals surface area contributed by atoms with E-state index in [1.807, 2.05) is 6.07 Å². The zero-order chi connectivity index (χ0) is 11.2. The van der Waals surface area contributed by atoms with Crippen LogP contribution in [0.15, 0.2) is 30.3 Å². The molecule has 0 bridgehead atoms. The second-order valence-corrected chi connectivity index (χ2v) is 4.86. The Bertz CT molecular complexity index is 297. The number of rotatable bonds is 5. The van der Waals surface area contributed by atoms with Gasteiger partial charge in [-0.25, -0.2) is 0 Å². The molecule has 0 aliphatic heterocycles. The molecule has 16 heavy (non-hydrogen) atoms. The lowest BCUT2D eigenvalue weighted by Crippen LogP contribution is -2.31. The third-order valence-electron chi connectivity index (χ3n) is 3.36. The van der Waals surface area contributed by atoms with Crippen LogP contribution in [0, 0.1) is 5.92 Å². The summed E-state index contributed by atoms with van der Waals surface area (Å²) in [4.78, 5) is 0. The van der Waals surface area contributed by atoms with E-state index >= 15 is 0 Å². The Labute approximate surface area is 98.4 Å². The fourth-order valence-corrected chi connectivity index (χ4v) is 2.43. The van der Waals surface area contributed by atoms with Gasteiger partial charge in [-0.3, -0.25) is 0 Å². The Morgan fingerprint density at radius 2 is 1.94 bits per heavy atom. The van der Waals surface area contributed by atoms with Gasteiger partial charge in [0.05, 0.1) is 0 Å². The van der Waals surface area contributed by atoms with Crippen molar-refractivity contribution in [2.24, 2.45) is 5.92 Å². The zero-order valence-electron chi connectivity index (χ0n) is 10.1. The summed E-state index contributed by atoms with van der Waals surface area (Å²) in [6.45, 7) is 4.42. The van der Waals surface area contributed by atoms with Crippen molar-refractivity contribution in [2.45, 2.75) is 32.2 Å². The van der Waals surface area contributed by atoms with E-state index < -0.39 is 0 Å². The molecule has 1 aromatic carbocycles. The van der Waals surface area contributed by atoms with Crippen LogP contribution in [0.5, 0.6) is 0 Å². The summed E-state index contributed by atoms with van der Waals surface area (Å²) in [6, 6.07) is 11.1. The molecule has 1 fully saturated rings. The number of anilines is 1. The SMILES string of the molecule is CC1CCC(NCCNc2ccccc2)C1. The van der Waals surface area contributed by atoms with Crippen molar-refractivity contribution in [2.75, 3.05) is 18.4 Å². The number of hydrogen-bond acceptors (Lipinski definition) is 2. The van der Waals surface area contributed by atoms with Crippen LogP contribution in [0.3, 0.4) is 0 Å². The van der Waals surface area contributed by atoms with Crippen molar-refractivity contribution in [3.63, 3.8) is 0 Å².